The molecule has 0 aromatic heterocycles. The summed E-state index contributed by atoms with van der Waals surface area (Å²) in [6.45, 7) is 0.439. The van der Waals surface area contributed by atoms with E-state index in [0.717, 1.165) is 11.8 Å². The molecule has 3 N–H and O–H groups in total. The van der Waals surface area contributed by atoms with Gasteiger partial charge in [0, 0.05) is 12.0 Å². The fourth-order valence-electron chi connectivity index (χ4n) is 1.43. The number of hydrogen-bond acceptors (Lipinski definition) is 3. The molecule has 1 saturated heterocycles. The average molecular weight is 220 g/mol. The van der Waals surface area contributed by atoms with E-state index in [1.54, 1.807) is 0 Å². The Bertz CT molecular complexity index is 349. The van der Waals surface area contributed by atoms with E-state index in [0.29, 0.717) is 13.0 Å². The largest absolute Gasteiger partial charge is 0.465 e. The molecule has 14 heavy (non-hydrogen) atoms. The summed E-state index contributed by atoms with van der Waals surface area (Å²) < 4.78 is 21.2. The van der Waals surface area contributed by atoms with Crippen LogP contribution in [-0.2, 0) is 10.0 Å². The summed E-state index contributed by atoms with van der Waals surface area (Å²) in [6.07, 6.45) is 1.66. The topological polar surface area (TPSA) is 101 Å². The highest BCUT2D eigenvalue weighted by Gasteiger charge is 2.26. The summed E-state index contributed by atoms with van der Waals surface area (Å²) in [5, 5.41) is 14.3. The summed E-state index contributed by atoms with van der Waals surface area (Å²) in [5.41, 5.74) is 0. The maximum atomic E-state index is 10.6. The summed E-state index contributed by atoms with van der Waals surface area (Å²) in [4.78, 5) is 11.8. The van der Waals surface area contributed by atoms with Crippen LogP contribution in [0.25, 0.3) is 0 Å². The number of carbonyl (C=O) groups is 1. The molecule has 1 aliphatic heterocycles. The number of hydrogen-bond donors (Lipinski definition) is 2. The first-order chi connectivity index (χ1) is 6.40. The molecule has 1 atom stereocenters. The third kappa shape index (κ3) is 3.00. The van der Waals surface area contributed by atoms with Crippen LogP contribution in [0, 0.1) is 0 Å². The Hall–Kier alpha value is -1.08. The number of primary sulfonamides is 1. The van der Waals surface area contributed by atoms with Crippen LogP contribution in [0.2, 0.25) is 0 Å². The van der Waals surface area contributed by atoms with E-state index in [2.05, 4.69) is 0 Å². The number of likely N-dealkylation sites (tertiary alicyclic amines) is 1. The van der Waals surface area contributed by atoms with Gasteiger partial charge in [0.05, 0.1) is 6.04 Å². The van der Waals surface area contributed by atoms with E-state index >= 15 is 0 Å². The van der Waals surface area contributed by atoms with Gasteiger partial charge < -0.3 is 10.0 Å². The third-order valence-electron chi connectivity index (χ3n) is 2.04. The van der Waals surface area contributed by atoms with Gasteiger partial charge in [-0.25, -0.2) is 18.4 Å². The normalized spacial score (nSPS) is 23.2. The molecule has 1 aliphatic rings. The molecule has 0 aromatic carbocycles. The van der Waals surface area contributed by atoms with E-state index in [4.69, 9.17) is 10.2 Å². The maximum absolute atomic E-state index is 10.6. The van der Waals surface area contributed by atoms with Gasteiger partial charge in [0.15, 0.2) is 0 Å². The number of carboxylic acid groups (broad SMARTS) is 1. The van der Waals surface area contributed by atoms with Crippen molar-refractivity contribution >= 4 is 16.1 Å². The summed E-state index contributed by atoms with van der Waals surface area (Å²) in [7, 11) is -3.66. The zero-order valence-corrected chi connectivity index (χ0v) is 8.27. The van der Waals surface area contributed by atoms with Crippen LogP contribution >= 0.6 is 0 Å². The van der Waals surface area contributed by atoms with Crippen LogP contribution in [0.4, 0.5) is 4.79 Å². The molecule has 80 valence electrons. The summed E-state index contributed by atoms with van der Waals surface area (Å²) in [6, 6.07) is -0.370. The van der Waals surface area contributed by atoms with Crippen LogP contribution in [-0.4, -0.2) is 37.1 Å². The number of nitrogens with two attached hydrogens (primary N) is 1. The zero-order valence-electron chi connectivity index (χ0n) is 7.46. The van der Waals surface area contributed by atoms with Gasteiger partial charge >= 0.3 is 6.09 Å². The predicted octanol–water partition coefficient (Wildman–Crippen LogP) is -0.0690. The van der Waals surface area contributed by atoms with Crippen molar-refractivity contribution in [3.63, 3.8) is 0 Å². The Labute approximate surface area is 82.0 Å². The monoisotopic (exact) mass is 220 g/mol. The van der Waals surface area contributed by atoms with E-state index in [1.165, 1.54) is 11.0 Å². The van der Waals surface area contributed by atoms with Gasteiger partial charge in [-0.15, -0.1) is 0 Å². The van der Waals surface area contributed by atoms with Gasteiger partial charge in [-0.05, 0) is 18.9 Å². The zero-order chi connectivity index (χ0) is 10.8. The molecule has 0 bridgehead atoms. The van der Waals surface area contributed by atoms with Crippen molar-refractivity contribution in [2.45, 2.75) is 18.9 Å². The van der Waals surface area contributed by atoms with Crippen molar-refractivity contribution in [1.29, 1.82) is 0 Å². The second-order valence-corrected chi connectivity index (χ2v) is 4.55. The average Bonchev–Trinajstić information content (AvgIpc) is 2.46. The number of sulfonamides is 1. The van der Waals surface area contributed by atoms with E-state index in [-0.39, 0.29) is 6.04 Å². The highest BCUT2D eigenvalue weighted by molar-refractivity contribution is 7.92. The van der Waals surface area contributed by atoms with Crippen LogP contribution < -0.4 is 5.14 Å². The van der Waals surface area contributed by atoms with E-state index in [9.17, 15) is 13.2 Å². The minimum absolute atomic E-state index is 0.370. The van der Waals surface area contributed by atoms with Gasteiger partial charge in [0.1, 0.15) is 0 Å². The Kier molecular flexibility index (Phi) is 3.12. The van der Waals surface area contributed by atoms with E-state index < -0.39 is 16.1 Å². The molecule has 0 saturated carbocycles. The quantitative estimate of drug-likeness (QED) is 0.680. The van der Waals surface area contributed by atoms with Gasteiger partial charge in [0.25, 0.3) is 0 Å². The first-order valence-electron chi connectivity index (χ1n) is 4.11. The summed E-state index contributed by atoms with van der Waals surface area (Å²) in [5.74, 6) is 0. The minimum atomic E-state index is -3.66. The lowest BCUT2D eigenvalue weighted by molar-refractivity contribution is 0.147. The summed E-state index contributed by atoms with van der Waals surface area (Å²) >= 11 is 0. The Morgan fingerprint density at radius 2 is 2.21 bits per heavy atom. The Balaban J connectivity index is 2.69. The van der Waals surface area contributed by atoms with Crippen LogP contribution in [0.3, 0.4) is 0 Å². The lowest BCUT2D eigenvalue weighted by Gasteiger charge is -2.17. The van der Waals surface area contributed by atoms with Crippen molar-refractivity contribution in [2.24, 2.45) is 5.14 Å². The molecule has 0 aliphatic carbocycles. The van der Waals surface area contributed by atoms with Gasteiger partial charge in [-0.1, -0.05) is 0 Å². The lowest BCUT2D eigenvalue weighted by atomic mass is 10.2. The fraction of sp³-hybridized carbons (Fsp3) is 0.571. The molecular weight excluding hydrogens is 208 g/mol. The maximum Gasteiger partial charge on any atom is 0.407 e. The minimum Gasteiger partial charge on any atom is -0.465 e. The molecule has 1 fully saturated rings. The predicted molar refractivity (Wildman–Crippen MR) is 50.0 cm³/mol. The third-order valence-corrected chi connectivity index (χ3v) is 2.57. The molecule has 6 nitrogen and oxygen atoms in total. The van der Waals surface area contributed by atoms with Crippen molar-refractivity contribution in [1.82, 2.24) is 4.90 Å². The van der Waals surface area contributed by atoms with Crippen LogP contribution in [0.1, 0.15) is 12.8 Å². The number of rotatable bonds is 2. The molecule has 0 radical (unpaired) electrons. The van der Waals surface area contributed by atoms with Crippen LogP contribution in [0.15, 0.2) is 11.5 Å². The number of amides is 1. The molecule has 1 rings (SSSR count). The molecule has 1 heterocycles. The second-order valence-electron chi connectivity index (χ2n) is 3.10. The van der Waals surface area contributed by atoms with Crippen molar-refractivity contribution in [3.05, 3.63) is 11.5 Å². The standard InChI is InChI=1S/C7H12N2O4S/c8-14(12,13)5-3-6-2-1-4-9(6)7(10)11/h3,5-6H,1-2,4H2,(H,10,11)(H2,8,12,13)/b5-3-/t6-/m1/s1. The van der Waals surface area contributed by atoms with Crippen LogP contribution in [0.5, 0.6) is 0 Å². The van der Waals surface area contributed by atoms with Crippen molar-refractivity contribution in [3.8, 4) is 0 Å². The van der Waals surface area contributed by atoms with Gasteiger partial charge in [-0.2, -0.15) is 0 Å². The molecule has 1 amide bonds. The van der Waals surface area contributed by atoms with Gasteiger partial charge in [0.2, 0.25) is 10.0 Å². The lowest BCUT2D eigenvalue weighted by Crippen LogP contribution is -2.33. The molecule has 0 aromatic rings. The molecule has 0 spiro atoms. The van der Waals surface area contributed by atoms with E-state index in [1.807, 2.05) is 0 Å². The Morgan fingerprint density at radius 1 is 1.57 bits per heavy atom. The highest BCUT2D eigenvalue weighted by atomic mass is 32.2. The highest BCUT2D eigenvalue weighted by Crippen LogP contribution is 2.18. The first kappa shape index (κ1) is 11.0. The Morgan fingerprint density at radius 3 is 2.71 bits per heavy atom. The fourth-order valence-corrected chi connectivity index (χ4v) is 1.83. The molecule has 0 unspecified atom stereocenters. The van der Waals surface area contributed by atoms with Crippen molar-refractivity contribution in [2.75, 3.05) is 6.54 Å². The SMILES string of the molecule is NS(=O)(=O)/C=C\[C@H]1CCCN1C(=O)O. The smallest absolute Gasteiger partial charge is 0.407 e. The van der Waals surface area contributed by atoms with Crippen molar-refractivity contribution < 1.29 is 18.3 Å². The van der Waals surface area contributed by atoms with Gasteiger partial charge in [-0.3, -0.25) is 0 Å². The first-order valence-corrected chi connectivity index (χ1v) is 5.71. The molecule has 7 heteroatoms. The molecular formula is C7H12N2O4S. The number of nitrogens with zero attached hydrogens (tertiary/aromatic N) is 1. The second kappa shape index (κ2) is 3.97.